The Kier molecular flexibility index (Phi) is 4.82. The molecule has 10 heteroatoms. The van der Waals surface area contributed by atoms with Gasteiger partial charge in [-0.1, -0.05) is 0 Å². The van der Waals surface area contributed by atoms with Crippen molar-refractivity contribution in [1.82, 2.24) is 9.80 Å². The van der Waals surface area contributed by atoms with Gasteiger partial charge >= 0.3 is 6.03 Å². The number of amides is 4. The molecule has 0 bridgehead atoms. The Morgan fingerprint density at radius 1 is 0.967 bits per heavy atom. The third kappa shape index (κ3) is 3.43. The first-order valence-electron chi connectivity index (χ1n) is 9.37. The molecule has 0 atom stereocenters. The van der Waals surface area contributed by atoms with Gasteiger partial charge in [-0.3, -0.25) is 24.6 Å². The van der Waals surface area contributed by atoms with Gasteiger partial charge in [-0.25, -0.2) is 4.79 Å². The Bertz CT molecular complexity index is 1040. The SMILES string of the molecule is CN1C(=O)c2ccc(NC(=O)N3CCN(c4ccc([N+](=O)[O-])cc4)CC3)cc2C1=O. The van der Waals surface area contributed by atoms with Crippen molar-refractivity contribution in [2.45, 2.75) is 0 Å². The highest BCUT2D eigenvalue weighted by molar-refractivity contribution is 6.21. The second kappa shape index (κ2) is 7.47. The second-order valence-corrected chi connectivity index (χ2v) is 7.11. The normalized spacial score (nSPS) is 16.0. The molecule has 1 N–H and O–H groups in total. The lowest BCUT2D eigenvalue weighted by Gasteiger charge is -2.36. The minimum atomic E-state index is -0.438. The molecule has 30 heavy (non-hydrogen) atoms. The zero-order valence-electron chi connectivity index (χ0n) is 16.2. The molecule has 10 nitrogen and oxygen atoms in total. The van der Waals surface area contributed by atoms with E-state index in [9.17, 15) is 24.5 Å². The first kappa shape index (κ1) is 19.4. The number of nitro groups is 1. The van der Waals surface area contributed by atoms with E-state index in [2.05, 4.69) is 10.2 Å². The molecule has 1 saturated heterocycles. The molecule has 1 fully saturated rings. The van der Waals surface area contributed by atoms with Crippen LogP contribution in [0.5, 0.6) is 0 Å². The number of nitrogens with one attached hydrogen (secondary N) is 1. The van der Waals surface area contributed by atoms with Crippen molar-refractivity contribution in [3.05, 3.63) is 63.7 Å². The number of fused-ring (bicyclic) bond motifs is 1. The third-order valence-electron chi connectivity index (χ3n) is 5.33. The summed E-state index contributed by atoms with van der Waals surface area (Å²) in [5.74, 6) is -0.738. The van der Waals surface area contributed by atoms with Gasteiger partial charge in [0.05, 0.1) is 16.1 Å². The van der Waals surface area contributed by atoms with Crippen LogP contribution in [0.1, 0.15) is 20.7 Å². The van der Waals surface area contributed by atoms with Crippen molar-refractivity contribution in [2.24, 2.45) is 0 Å². The first-order chi connectivity index (χ1) is 14.3. The molecule has 2 aliphatic rings. The smallest absolute Gasteiger partial charge is 0.321 e. The number of piperazine rings is 1. The summed E-state index contributed by atoms with van der Waals surface area (Å²) in [5, 5.41) is 13.5. The van der Waals surface area contributed by atoms with Gasteiger partial charge in [0.2, 0.25) is 0 Å². The van der Waals surface area contributed by atoms with Crippen LogP contribution in [-0.2, 0) is 0 Å². The molecule has 154 valence electrons. The van der Waals surface area contributed by atoms with E-state index >= 15 is 0 Å². The Labute approximate surface area is 171 Å². The number of nitro benzene ring substituents is 1. The second-order valence-electron chi connectivity index (χ2n) is 7.11. The van der Waals surface area contributed by atoms with Crippen molar-refractivity contribution in [2.75, 3.05) is 43.4 Å². The Balaban J connectivity index is 1.37. The molecule has 0 radical (unpaired) electrons. The minimum absolute atomic E-state index is 0.0393. The fourth-order valence-corrected chi connectivity index (χ4v) is 3.59. The summed E-state index contributed by atoms with van der Waals surface area (Å²) in [7, 11) is 1.42. The first-order valence-corrected chi connectivity index (χ1v) is 9.37. The summed E-state index contributed by atoms with van der Waals surface area (Å²) in [6, 6.07) is 10.7. The van der Waals surface area contributed by atoms with Gasteiger partial charge in [0, 0.05) is 56.7 Å². The molecule has 4 amide bonds. The lowest BCUT2D eigenvalue weighted by atomic mass is 10.1. The van der Waals surface area contributed by atoms with Crippen molar-refractivity contribution in [3.8, 4) is 0 Å². The summed E-state index contributed by atoms with van der Waals surface area (Å²) in [6.07, 6.45) is 0. The number of hydrogen-bond donors (Lipinski definition) is 1. The highest BCUT2D eigenvalue weighted by atomic mass is 16.6. The topological polar surface area (TPSA) is 116 Å². The van der Waals surface area contributed by atoms with E-state index in [-0.39, 0.29) is 29.1 Å². The molecule has 4 rings (SSSR count). The Morgan fingerprint density at radius 3 is 2.23 bits per heavy atom. The van der Waals surface area contributed by atoms with Crippen LogP contribution in [0.3, 0.4) is 0 Å². The molecular formula is C20H19N5O5. The van der Waals surface area contributed by atoms with Crippen LogP contribution in [0.15, 0.2) is 42.5 Å². The van der Waals surface area contributed by atoms with Crippen LogP contribution in [0.25, 0.3) is 0 Å². The van der Waals surface area contributed by atoms with E-state index in [1.807, 2.05) is 0 Å². The van der Waals surface area contributed by atoms with Crippen LogP contribution in [0.4, 0.5) is 21.9 Å². The van der Waals surface area contributed by atoms with Gasteiger partial charge in [0.15, 0.2) is 0 Å². The van der Waals surface area contributed by atoms with Gasteiger partial charge < -0.3 is 15.1 Å². The maximum Gasteiger partial charge on any atom is 0.321 e. The highest BCUT2D eigenvalue weighted by Gasteiger charge is 2.33. The molecule has 0 unspecified atom stereocenters. The number of urea groups is 1. The minimum Gasteiger partial charge on any atom is -0.368 e. The molecule has 0 aromatic heterocycles. The number of carbonyl (C=O) groups excluding carboxylic acids is 3. The molecule has 0 saturated carbocycles. The summed E-state index contributed by atoms with van der Waals surface area (Å²) in [5.41, 5.74) is 1.97. The number of benzene rings is 2. The molecule has 0 aliphatic carbocycles. The summed E-state index contributed by atoms with van der Waals surface area (Å²) >= 11 is 0. The zero-order valence-corrected chi connectivity index (χ0v) is 16.2. The molecule has 2 aliphatic heterocycles. The quantitative estimate of drug-likeness (QED) is 0.472. The fraction of sp³-hybridized carbons (Fsp3) is 0.250. The van der Waals surface area contributed by atoms with E-state index in [1.54, 1.807) is 29.2 Å². The Hall–Kier alpha value is -3.95. The van der Waals surface area contributed by atoms with Gasteiger partial charge in [-0.15, -0.1) is 0 Å². The van der Waals surface area contributed by atoms with E-state index in [1.165, 1.54) is 25.2 Å². The molecular weight excluding hydrogens is 390 g/mol. The number of hydrogen-bond acceptors (Lipinski definition) is 6. The van der Waals surface area contributed by atoms with Crippen LogP contribution >= 0.6 is 0 Å². The van der Waals surface area contributed by atoms with Crippen LogP contribution in [-0.4, -0.2) is 65.8 Å². The van der Waals surface area contributed by atoms with Crippen molar-refractivity contribution in [1.29, 1.82) is 0 Å². The molecule has 2 aromatic rings. The highest BCUT2D eigenvalue weighted by Crippen LogP contribution is 2.25. The van der Waals surface area contributed by atoms with Gasteiger partial charge in [-0.2, -0.15) is 0 Å². The fourth-order valence-electron chi connectivity index (χ4n) is 3.59. The molecule has 2 heterocycles. The summed E-state index contributed by atoms with van der Waals surface area (Å²) < 4.78 is 0. The number of imide groups is 1. The van der Waals surface area contributed by atoms with Crippen LogP contribution < -0.4 is 10.2 Å². The van der Waals surface area contributed by atoms with E-state index in [0.717, 1.165) is 10.6 Å². The van der Waals surface area contributed by atoms with Crippen molar-refractivity contribution < 1.29 is 19.3 Å². The maximum absolute atomic E-state index is 12.6. The molecule has 2 aromatic carbocycles. The van der Waals surface area contributed by atoms with Gasteiger partial charge in [-0.05, 0) is 30.3 Å². The predicted octanol–water partition coefficient (Wildman–Crippen LogP) is 2.17. The number of non-ortho nitro benzene ring substituents is 1. The standard InChI is InChI=1S/C20H19N5O5/c1-22-18(26)16-7-2-13(12-17(16)19(22)27)21-20(28)24-10-8-23(9-11-24)14-3-5-15(6-4-14)25(29)30/h2-7,12H,8-11H2,1H3,(H,21,28). The summed E-state index contributed by atoms with van der Waals surface area (Å²) in [6.45, 7) is 2.14. The number of anilines is 2. The average molecular weight is 409 g/mol. The summed E-state index contributed by atoms with van der Waals surface area (Å²) in [4.78, 5) is 51.8. The maximum atomic E-state index is 12.6. The Morgan fingerprint density at radius 2 is 1.60 bits per heavy atom. The average Bonchev–Trinajstić information content (AvgIpc) is 2.97. The van der Waals surface area contributed by atoms with E-state index < -0.39 is 4.92 Å². The predicted molar refractivity (Wildman–Crippen MR) is 109 cm³/mol. The van der Waals surface area contributed by atoms with E-state index in [4.69, 9.17) is 0 Å². The van der Waals surface area contributed by atoms with Crippen LogP contribution in [0, 0.1) is 10.1 Å². The van der Waals surface area contributed by atoms with Crippen molar-refractivity contribution >= 4 is 34.9 Å². The number of nitrogens with zero attached hydrogens (tertiary/aromatic N) is 4. The van der Waals surface area contributed by atoms with Crippen LogP contribution in [0.2, 0.25) is 0 Å². The monoisotopic (exact) mass is 409 g/mol. The lowest BCUT2D eigenvalue weighted by Crippen LogP contribution is -2.50. The van der Waals surface area contributed by atoms with E-state index in [0.29, 0.717) is 37.4 Å². The molecule has 0 spiro atoms. The lowest BCUT2D eigenvalue weighted by molar-refractivity contribution is -0.384. The number of rotatable bonds is 3. The largest absolute Gasteiger partial charge is 0.368 e. The van der Waals surface area contributed by atoms with Gasteiger partial charge in [0.25, 0.3) is 17.5 Å². The van der Waals surface area contributed by atoms with Gasteiger partial charge in [0.1, 0.15) is 0 Å². The number of carbonyl (C=O) groups is 3. The van der Waals surface area contributed by atoms with Crippen molar-refractivity contribution in [3.63, 3.8) is 0 Å². The third-order valence-corrected chi connectivity index (χ3v) is 5.33. The zero-order chi connectivity index (χ0) is 21.4.